The van der Waals surface area contributed by atoms with Gasteiger partial charge >= 0.3 is 0 Å². The van der Waals surface area contributed by atoms with Gasteiger partial charge in [-0.05, 0) is 47.5 Å². The Balaban J connectivity index is 2.45. The predicted molar refractivity (Wildman–Crippen MR) is 78.2 cm³/mol. The molecule has 0 fully saturated rings. The van der Waals surface area contributed by atoms with Crippen molar-refractivity contribution in [3.8, 4) is 17.0 Å². The first-order chi connectivity index (χ1) is 9.52. The molecule has 0 aliphatic heterocycles. The number of ether oxygens (including phenoxy) is 1. The van der Waals surface area contributed by atoms with Crippen molar-refractivity contribution < 1.29 is 9.53 Å². The highest BCUT2D eigenvalue weighted by Gasteiger charge is 2.10. The Morgan fingerprint density at radius 3 is 2.40 bits per heavy atom. The van der Waals surface area contributed by atoms with Gasteiger partial charge in [0, 0.05) is 12.6 Å². The average Bonchev–Trinajstić information content (AvgIpc) is 2.44. The van der Waals surface area contributed by atoms with Crippen molar-refractivity contribution in [3.63, 3.8) is 0 Å². The molecule has 5 heteroatoms. The van der Waals surface area contributed by atoms with Gasteiger partial charge in [0.25, 0.3) is 5.56 Å². The zero-order valence-corrected chi connectivity index (χ0v) is 12.0. The molecule has 0 radical (unpaired) electrons. The van der Waals surface area contributed by atoms with Gasteiger partial charge in [-0.1, -0.05) is 6.07 Å². The fourth-order valence-corrected chi connectivity index (χ4v) is 2.17. The van der Waals surface area contributed by atoms with Gasteiger partial charge in [0.1, 0.15) is 5.75 Å². The first-order valence-corrected chi connectivity index (χ1v) is 6.42. The van der Waals surface area contributed by atoms with Crippen LogP contribution in [-0.4, -0.2) is 16.9 Å². The van der Waals surface area contributed by atoms with Crippen LogP contribution in [0, 0.1) is 0 Å². The zero-order valence-electron chi connectivity index (χ0n) is 11.2. The molecule has 0 N–H and O–H groups in total. The lowest BCUT2D eigenvalue weighted by Crippen LogP contribution is -2.23. The lowest BCUT2D eigenvalue weighted by atomic mass is 10.1. The molecule has 2 rings (SSSR count). The second-order valence-corrected chi connectivity index (χ2v) is 4.79. The van der Waals surface area contributed by atoms with E-state index in [0.29, 0.717) is 5.56 Å². The number of carbonyl (C=O) groups excluding carboxylic acids is 1. The van der Waals surface area contributed by atoms with Crippen molar-refractivity contribution in [2.75, 3.05) is 7.11 Å². The van der Waals surface area contributed by atoms with Crippen LogP contribution >= 0.6 is 11.6 Å². The molecule has 1 aromatic heterocycles. The van der Waals surface area contributed by atoms with Crippen LogP contribution < -0.4 is 10.3 Å². The van der Waals surface area contributed by atoms with Crippen LogP contribution in [-0.2, 0) is 18.3 Å². The first-order valence-electron chi connectivity index (χ1n) is 6.04. The van der Waals surface area contributed by atoms with Crippen LogP contribution in [0.4, 0.5) is 0 Å². The molecule has 20 heavy (non-hydrogen) atoms. The molecule has 0 spiro atoms. The second-order valence-electron chi connectivity index (χ2n) is 4.37. The normalized spacial score (nSPS) is 10.3. The number of hydrogen-bond acceptors (Lipinski definition) is 3. The minimum absolute atomic E-state index is 0.0584. The maximum absolute atomic E-state index is 12.1. The van der Waals surface area contributed by atoms with E-state index in [-0.39, 0.29) is 12.0 Å². The van der Waals surface area contributed by atoms with Gasteiger partial charge in [0.2, 0.25) is 5.24 Å². The van der Waals surface area contributed by atoms with Crippen molar-refractivity contribution in [2.24, 2.45) is 7.05 Å². The summed E-state index contributed by atoms with van der Waals surface area (Å²) in [6.07, 6.45) is -0.0584. The zero-order chi connectivity index (χ0) is 14.7. The van der Waals surface area contributed by atoms with E-state index < -0.39 is 5.24 Å². The van der Waals surface area contributed by atoms with Gasteiger partial charge in [-0.2, -0.15) is 0 Å². The fraction of sp³-hybridized carbons (Fsp3) is 0.200. The molecule has 1 heterocycles. The third-order valence-corrected chi connectivity index (χ3v) is 3.23. The first kappa shape index (κ1) is 14.3. The van der Waals surface area contributed by atoms with E-state index in [1.165, 1.54) is 4.57 Å². The number of aromatic nitrogens is 1. The summed E-state index contributed by atoms with van der Waals surface area (Å²) in [6, 6.07) is 10.9. The number of carbonyl (C=O) groups is 1. The van der Waals surface area contributed by atoms with Gasteiger partial charge in [-0.3, -0.25) is 9.59 Å². The summed E-state index contributed by atoms with van der Waals surface area (Å²) in [4.78, 5) is 23.1. The van der Waals surface area contributed by atoms with Crippen LogP contribution in [0.15, 0.2) is 41.2 Å². The lowest BCUT2D eigenvalue weighted by molar-refractivity contribution is -0.111. The Morgan fingerprint density at radius 1 is 1.20 bits per heavy atom. The summed E-state index contributed by atoms with van der Waals surface area (Å²) in [5.41, 5.74) is 1.84. The van der Waals surface area contributed by atoms with Crippen LogP contribution in [0.5, 0.6) is 5.75 Å². The standard InChI is InChI=1S/C15H14ClNO3/c1-17-13(10-3-6-12(20-2)7-4-10)8-5-11(15(17)19)9-14(16)18/h3-8H,9H2,1-2H3. The van der Waals surface area contributed by atoms with Crippen molar-refractivity contribution in [2.45, 2.75) is 6.42 Å². The number of benzene rings is 1. The summed E-state index contributed by atoms with van der Waals surface area (Å²) < 4.78 is 6.61. The maximum atomic E-state index is 12.1. The van der Waals surface area contributed by atoms with Crippen LogP contribution in [0.2, 0.25) is 0 Å². The number of rotatable bonds is 4. The molecule has 0 atom stereocenters. The van der Waals surface area contributed by atoms with E-state index in [1.54, 1.807) is 26.3 Å². The number of methoxy groups -OCH3 is 1. The summed E-state index contributed by atoms with van der Waals surface area (Å²) in [7, 11) is 3.27. The van der Waals surface area contributed by atoms with E-state index in [2.05, 4.69) is 0 Å². The largest absolute Gasteiger partial charge is 0.497 e. The monoisotopic (exact) mass is 291 g/mol. The van der Waals surface area contributed by atoms with Gasteiger partial charge < -0.3 is 9.30 Å². The average molecular weight is 292 g/mol. The second kappa shape index (κ2) is 5.92. The van der Waals surface area contributed by atoms with Gasteiger partial charge in [0.05, 0.1) is 19.2 Å². The lowest BCUT2D eigenvalue weighted by Gasteiger charge is -2.10. The Bertz CT molecular complexity index is 689. The molecular formula is C15H14ClNO3. The summed E-state index contributed by atoms with van der Waals surface area (Å²) in [5, 5.41) is -0.542. The molecule has 4 nitrogen and oxygen atoms in total. The molecule has 0 amide bonds. The summed E-state index contributed by atoms with van der Waals surface area (Å²) >= 11 is 5.33. The quantitative estimate of drug-likeness (QED) is 0.813. The molecule has 2 aromatic rings. The highest BCUT2D eigenvalue weighted by Crippen LogP contribution is 2.21. The van der Waals surface area contributed by atoms with Crippen molar-refractivity contribution in [3.05, 3.63) is 52.3 Å². The Kier molecular flexibility index (Phi) is 4.25. The van der Waals surface area contributed by atoms with Crippen molar-refractivity contribution >= 4 is 16.8 Å². The van der Waals surface area contributed by atoms with Crippen LogP contribution in [0.1, 0.15) is 5.56 Å². The van der Waals surface area contributed by atoms with E-state index in [1.807, 2.05) is 24.3 Å². The van der Waals surface area contributed by atoms with Gasteiger partial charge in [-0.25, -0.2) is 0 Å². The predicted octanol–water partition coefficient (Wildman–Crippen LogP) is 2.37. The molecule has 0 unspecified atom stereocenters. The Hall–Kier alpha value is -2.07. The molecule has 0 saturated heterocycles. The molecule has 1 aromatic carbocycles. The minimum atomic E-state index is -0.542. The number of halogens is 1. The van der Waals surface area contributed by atoms with E-state index in [4.69, 9.17) is 16.3 Å². The van der Waals surface area contributed by atoms with E-state index >= 15 is 0 Å². The molecule has 0 aliphatic rings. The van der Waals surface area contributed by atoms with Gasteiger partial charge in [0.15, 0.2) is 0 Å². The fourth-order valence-electron chi connectivity index (χ4n) is 2.02. The Morgan fingerprint density at radius 2 is 1.85 bits per heavy atom. The van der Waals surface area contributed by atoms with E-state index in [0.717, 1.165) is 17.0 Å². The summed E-state index contributed by atoms with van der Waals surface area (Å²) in [5.74, 6) is 0.753. The highest BCUT2D eigenvalue weighted by atomic mass is 35.5. The summed E-state index contributed by atoms with van der Waals surface area (Å²) in [6.45, 7) is 0. The third kappa shape index (κ3) is 2.91. The maximum Gasteiger partial charge on any atom is 0.254 e. The molecule has 104 valence electrons. The smallest absolute Gasteiger partial charge is 0.254 e. The number of pyridine rings is 1. The molecule has 0 saturated carbocycles. The Labute approximate surface area is 121 Å². The molecular weight excluding hydrogens is 278 g/mol. The molecule has 0 bridgehead atoms. The molecule has 0 aliphatic carbocycles. The SMILES string of the molecule is COc1ccc(-c2ccc(CC(=O)Cl)c(=O)n2C)cc1. The highest BCUT2D eigenvalue weighted by molar-refractivity contribution is 6.63. The number of hydrogen-bond donors (Lipinski definition) is 0. The van der Waals surface area contributed by atoms with Crippen LogP contribution in [0.25, 0.3) is 11.3 Å². The van der Waals surface area contributed by atoms with Crippen molar-refractivity contribution in [1.29, 1.82) is 0 Å². The number of nitrogens with zero attached hydrogens (tertiary/aromatic N) is 1. The van der Waals surface area contributed by atoms with E-state index in [9.17, 15) is 9.59 Å². The topological polar surface area (TPSA) is 48.3 Å². The third-order valence-electron chi connectivity index (χ3n) is 3.10. The van der Waals surface area contributed by atoms with Gasteiger partial charge in [-0.15, -0.1) is 0 Å². The minimum Gasteiger partial charge on any atom is -0.497 e. The van der Waals surface area contributed by atoms with Crippen molar-refractivity contribution in [1.82, 2.24) is 4.57 Å². The van der Waals surface area contributed by atoms with Crippen LogP contribution in [0.3, 0.4) is 0 Å².